The molecule has 2 heterocycles. The normalized spacial score (nSPS) is 31.4. The Balaban J connectivity index is 1.44. The summed E-state index contributed by atoms with van der Waals surface area (Å²) in [6.45, 7) is 1.79. The highest BCUT2D eigenvalue weighted by Crippen LogP contribution is 2.64. The van der Waals surface area contributed by atoms with Crippen molar-refractivity contribution in [3.05, 3.63) is 40.7 Å². The standard InChI is InChI=1S/C25H30N2O9/c1-12(34-18(29)10-15(26)22(30)31)23(32)35-16-5-6-25(33)17-9-13-3-4-14(11-28)20-19(13)24(25,21(16)36-20)7-8-27(17)2/h3-5,12,15,17,21,28,33H,6-11,26H2,1-2H3,(H,30,31)/t12-,15-,17+,21?,24?,25+/m0/s1. The van der Waals surface area contributed by atoms with Gasteiger partial charge in [0.1, 0.15) is 17.6 Å². The quantitative estimate of drug-likeness (QED) is 0.362. The van der Waals surface area contributed by atoms with Crippen molar-refractivity contribution in [1.29, 1.82) is 0 Å². The summed E-state index contributed by atoms with van der Waals surface area (Å²) in [6, 6.07) is 2.18. The van der Waals surface area contributed by atoms with Crippen LogP contribution in [0.3, 0.4) is 0 Å². The molecule has 1 spiro atoms. The van der Waals surface area contributed by atoms with Gasteiger partial charge in [-0.15, -0.1) is 0 Å². The monoisotopic (exact) mass is 502 g/mol. The largest absolute Gasteiger partial charge is 0.481 e. The highest BCUT2D eigenvalue weighted by atomic mass is 16.6. The minimum Gasteiger partial charge on any atom is -0.481 e. The van der Waals surface area contributed by atoms with Crippen LogP contribution in [-0.4, -0.2) is 81.6 Å². The average molecular weight is 503 g/mol. The van der Waals surface area contributed by atoms with Gasteiger partial charge in [0, 0.05) is 23.6 Å². The van der Waals surface area contributed by atoms with E-state index in [0.29, 0.717) is 30.7 Å². The van der Waals surface area contributed by atoms with Crippen LogP contribution in [0.25, 0.3) is 0 Å². The van der Waals surface area contributed by atoms with Crippen LogP contribution < -0.4 is 10.5 Å². The molecule has 1 aromatic carbocycles. The highest BCUT2D eigenvalue weighted by molar-refractivity contribution is 5.84. The lowest BCUT2D eigenvalue weighted by Crippen LogP contribution is -2.74. The van der Waals surface area contributed by atoms with Gasteiger partial charge in [0.25, 0.3) is 0 Å². The number of ether oxygens (including phenoxy) is 3. The smallest absolute Gasteiger partial charge is 0.352 e. The molecule has 194 valence electrons. The second kappa shape index (κ2) is 8.55. The lowest BCUT2D eigenvalue weighted by molar-refractivity contribution is -0.175. The fraction of sp³-hybridized carbons (Fsp3) is 0.560. The molecule has 2 unspecified atom stereocenters. The van der Waals surface area contributed by atoms with Gasteiger partial charge in [-0.2, -0.15) is 0 Å². The second-order valence-corrected chi connectivity index (χ2v) is 10.1. The zero-order valence-corrected chi connectivity index (χ0v) is 20.1. The van der Waals surface area contributed by atoms with E-state index < -0.39 is 53.6 Å². The molecule has 11 heteroatoms. The zero-order valence-electron chi connectivity index (χ0n) is 20.1. The minimum absolute atomic E-state index is 0.164. The number of aliphatic hydroxyl groups is 2. The first kappa shape index (κ1) is 24.7. The number of likely N-dealkylation sites (tertiary alicyclic amines) is 1. The Kier molecular flexibility index (Phi) is 5.86. The van der Waals surface area contributed by atoms with Gasteiger partial charge in [-0.25, -0.2) is 4.79 Å². The third-order valence-electron chi connectivity index (χ3n) is 8.19. The average Bonchev–Trinajstić information content (AvgIpc) is 3.18. The molecule has 6 atom stereocenters. The SMILES string of the molecule is C[C@H](OC(=O)C[C@H](N)C(=O)O)C(=O)OC1=CC[C@@]2(O)[C@H]3Cc4ccc(CO)c5c4C2(CCN3C)C1O5. The van der Waals surface area contributed by atoms with E-state index in [1.807, 2.05) is 19.2 Å². The number of nitrogens with zero attached hydrogens (tertiary/aromatic N) is 1. The Bertz CT molecular complexity index is 1170. The Labute approximate surface area is 207 Å². The number of carbonyl (C=O) groups is 3. The molecule has 11 nitrogen and oxygen atoms in total. The number of hydrogen-bond acceptors (Lipinski definition) is 10. The van der Waals surface area contributed by atoms with Gasteiger partial charge >= 0.3 is 17.9 Å². The number of rotatable bonds is 7. The van der Waals surface area contributed by atoms with Crippen LogP contribution in [0.5, 0.6) is 5.75 Å². The van der Waals surface area contributed by atoms with Crippen molar-refractivity contribution in [2.24, 2.45) is 5.73 Å². The van der Waals surface area contributed by atoms with Crippen LogP contribution in [0.15, 0.2) is 24.0 Å². The van der Waals surface area contributed by atoms with E-state index in [1.54, 1.807) is 6.08 Å². The van der Waals surface area contributed by atoms with Crippen molar-refractivity contribution < 1.29 is 43.9 Å². The molecule has 5 rings (SSSR count). The number of piperidine rings is 1. The van der Waals surface area contributed by atoms with Crippen LogP contribution in [0.1, 0.15) is 42.9 Å². The molecule has 1 saturated heterocycles. The molecular formula is C25H30N2O9. The summed E-state index contributed by atoms with van der Waals surface area (Å²) in [7, 11) is 1.99. The van der Waals surface area contributed by atoms with Crippen molar-refractivity contribution in [2.75, 3.05) is 13.6 Å². The maximum Gasteiger partial charge on any atom is 0.352 e. The maximum absolute atomic E-state index is 12.9. The summed E-state index contributed by atoms with van der Waals surface area (Å²) in [4.78, 5) is 37.9. The van der Waals surface area contributed by atoms with Crippen molar-refractivity contribution in [3.63, 3.8) is 0 Å². The van der Waals surface area contributed by atoms with Gasteiger partial charge in [-0.05, 0) is 45.0 Å². The third-order valence-corrected chi connectivity index (χ3v) is 8.19. The molecule has 2 aliphatic heterocycles. The van der Waals surface area contributed by atoms with Crippen molar-refractivity contribution >= 4 is 17.9 Å². The van der Waals surface area contributed by atoms with Gasteiger partial charge in [-0.3, -0.25) is 9.59 Å². The fourth-order valence-electron chi connectivity index (χ4n) is 6.39. The van der Waals surface area contributed by atoms with Crippen LogP contribution in [0.2, 0.25) is 0 Å². The Hall–Kier alpha value is -2.99. The number of benzene rings is 1. The number of hydrogen-bond donors (Lipinski definition) is 4. The molecular weight excluding hydrogens is 472 g/mol. The van der Waals surface area contributed by atoms with E-state index in [4.69, 9.17) is 25.1 Å². The number of nitrogens with two attached hydrogens (primary N) is 1. The van der Waals surface area contributed by atoms with Crippen molar-refractivity contribution in [2.45, 2.75) is 74.5 Å². The summed E-state index contributed by atoms with van der Waals surface area (Å²) in [5, 5.41) is 31.0. The summed E-state index contributed by atoms with van der Waals surface area (Å²) >= 11 is 0. The van der Waals surface area contributed by atoms with E-state index >= 15 is 0 Å². The van der Waals surface area contributed by atoms with E-state index in [9.17, 15) is 24.6 Å². The fourth-order valence-corrected chi connectivity index (χ4v) is 6.39. The topological polar surface area (TPSA) is 169 Å². The number of aliphatic carboxylic acids is 1. The van der Waals surface area contributed by atoms with E-state index in [0.717, 1.165) is 11.1 Å². The lowest BCUT2D eigenvalue weighted by Gasteiger charge is -2.61. The third kappa shape index (κ3) is 3.37. The minimum atomic E-state index is -1.44. The van der Waals surface area contributed by atoms with Gasteiger partial charge in [-0.1, -0.05) is 12.1 Å². The Morgan fingerprint density at radius 3 is 2.78 bits per heavy atom. The predicted octanol–water partition coefficient (Wildman–Crippen LogP) is -0.266. The summed E-state index contributed by atoms with van der Waals surface area (Å²) in [5.74, 6) is -2.42. The second-order valence-electron chi connectivity index (χ2n) is 10.1. The Morgan fingerprint density at radius 2 is 2.08 bits per heavy atom. The molecule has 4 aliphatic rings. The molecule has 0 saturated carbocycles. The van der Waals surface area contributed by atoms with Crippen LogP contribution in [0.4, 0.5) is 0 Å². The van der Waals surface area contributed by atoms with E-state index in [2.05, 4.69) is 4.90 Å². The number of carboxylic acids is 1. The summed E-state index contributed by atoms with van der Waals surface area (Å²) < 4.78 is 17.1. The molecule has 2 aliphatic carbocycles. The lowest BCUT2D eigenvalue weighted by atomic mass is 9.50. The van der Waals surface area contributed by atoms with Crippen LogP contribution in [0, 0.1) is 0 Å². The molecule has 1 aromatic rings. The van der Waals surface area contributed by atoms with E-state index in [1.165, 1.54) is 6.92 Å². The van der Waals surface area contributed by atoms with Gasteiger partial charge < -0.3 is 40.2 Å². The molecule has 0 radical (unpaired) electrons. The first-order valence-electron chi connectivity index (χ1n) is 12.0. The predicted molar refractivity (Wildman–Crippen MR) is 123 cm³/mol. The van der Waals surface area contributed by atoms with E-state index in [-0.39, 0.29) is 24.8 Å². The molecule has 2 bridgehead atoms. The molecule has 0 aromatic heterocycles. The number of aliphatic hydroxyl groups excluding tert-OH is 1. The number of esters is 2. The Morgan fingerprint density at radius 1 is 1.33 bits per heavy atom. The van der Waals surface area contributed by atoms with Gasteiger partial charge in [0.05, 0.1) is 24.0 Å². The first-order chi connectivity index (χ1) is 17.0. The van der Waals surface area contributed by atoms with Gasteiger partial charge in [0.2, 0.25) is 0 Å². The summed E-state index contributed by atoms with van der Waals surface area (Å²) in [5.41, 5.74) is 5.83. The van der Waals surface area contributed by atoms with Gasteiger partial charge in [0.15, 0.2) is 12.2 Å². The maximum atomic E-state index is 12.9. The number of carboxylic acid groups (broad SMARTS) is 1. The highest BCUT2D eigenvalue weighted by Gasteiger charge is 2.71. The van der Waals surface area contributed by atoms with Crippen molar-refractivity contribution in [3.8, 4) is 5.75 Å². The zero-order chi connectivity index (χ0) is 26.0. The number of carbonyl (C=O) groups excluding carboxylic acids is 2. The van der Waals surface area contributed by atoms with Crippen LogP contribution in [-0.2, 0) is 42.3 Å². The molecule has 36 heavy (non-hydrogen) atoms. The molecule has 1 fully saturated rings. The van der Waals surface area contributed by atoms with Crippen LogP contribution >= 0.6 is 0 Å². The molecule has 0 amide bonds. The first-order valence-corrected chi connectivity index (χ1v) is 12.0. The molecule has 5 N–H and O–H groups in total. The van der Waals surface area contributed by atoms with Crippen molar-refractivity contribution in [1.82, 2.24) is 4.90 Å². The number of likely N-dealkylation sites (N-methyl/N-ethyl adjacent to an activating group) is 1. The summed E-state index contributed by atoms with van der Waals surface area (Å²) in [6.07, 6.45) is 0.360.